The molecule has 6 atom stereocenters. The van der Waals surface area contributed by atoms with Gasteiger partial charge >= 0.3 is 23.9 Å². The third kappa shape index (κ3) is 12.0. The molecule has 2 heterocycles. The number of nitrogens with zero attached hydrogens (tertiary/aromatic N) is 1. The maximum absolute atomic E-state index is 13.8. The summed E-state index contributed by atoms with van der Waals surface area (Å²) >= 11 is 0. The van der Waals surface area contributed by atoms with E-state index >= 15 is 0 Å². The Labute approximate surface area is 323 Å². The average Bonchev–Trinajstić information content (AvgIpc) is 3.04. The van der Waals surface area contributed by atoms with Gasteiger partial charge in [-0.15, -0.1) is 0 Å². The first-order valence-corrected chi connectivity index (χ1v) is 22.3. The van der Waals surface area contributed by atoms with E-state index in [2.05, 4.69) is 37.4 Å². The Morgan fingerprint density at radius 1 is 0.722 bits per heavy atom. The lowest BCUT2D eigenvalue weighted by atomic mass is 9.91. The van der Waals surface area contributed by atoms with Crippen LogP contribution >= 0.6 is 0 Å². The molecule has 2 aliphatic rings. The summed E-state index contributed by atoms with van der Waals surface area (Å²) in [7, 11) is -1.81. The smallest absolute Gasteiger partial charge is 0.311 e. The molecule has 0 amide bonds. The van der Waals surface area contributed by atoms with Crippen LogP contribution < -0.4 is 5.19 Å². The molecule has 0 unspecified atom stereocenters. The fraction of sp³-hybridized carbons (Fsp3) is 0.690. The zero-order chi connectivity index (χ0) is 41.0. The van der Waals surface area contributed by atoms with Crippen LogP contribution in [0, 0.1) is 21.7 Å². The van der Waals surface area contributed by atoms with E-state index in [1.54, 1.807) is 89.3 Å². The van der Waals surface area contributed by atoms with Crippen LogP contribution in [0.15, 0.2) is 42.6 Å². The van der Waals surface area contributed by atoms with Gasteiger partial charge in [0.15, 0.2) is 30.3 Å². The predicted molar refractivity (Wildman–Crippen MR) is 209 cm³/mol. The number of allylic oxidation sites excluding steroid dienone is 1. The summed E-state index contributed by atoms with van der Waals surface area (Å²) in [6.07, 6.45) is -1.57. The van der Waals surface area contributed by atoms with Gasteiger partial charge in [-0.2, -0.15) is 0 Å². The number of hydrogen-bond acceptors (Lipinski definition) is 11. The summed E-state index contributed by atoms with van der Waals surface area (Å²) < 4.78 is 31.2. The fourth-order valence-electron chi connectivity index (χ4n) is 6.00. The lowest BCUT2D eigenvalue weighted by molar-refractivity contribution is -0.283. The number of carbonyl (C=O) groups excluding carboxylic acids is 5. The lowest BCUT2D eigenvalue weighted by Gasteiger charge is -2.50. The molecule has 1 aromatic rings. The van der Waals surface area contributed by atoms with Gasteiger partial charge in [-0.05, 0) is 95.6 Å². The van der Waals surface area contributed by atoms with Crippen molar-refractivity contribution in [2.75, 3.05) is 6.61 Å². The van der Waals surface area contributed by atoms with Crippen LogP contribution in [-0.4, -0.2) is 85.9 Å². The topological polar surface area (TPSA) is 135 Å². The van der Waals surface area contributed by atoms with Gasteiger partial charge in [0.05, 0.1) is 29.7 Å². The van der Waals surface area contributed by atoms with E-state index in [0.29, 0.717) is 6.42 Å². The molecule has 3 rings (SSSR count). The van der Waals surface area contributed by atoms with Gasteiger partial charge in [-0.1, -0.05) is 61.1 Å². The highest BCUT2D eigenvalue weighted by atomic mass is 28.3. The van der Waals surface area contributed by atoms with Crippen molar-refractivity contribution in [2.45, 2.75) is 158 Å². The van der Waals surface area contributed by atoms with E-state index in [-0.39, 0.29) is 24.9 Å². The molecule has 2 aliphatic heterocycles. The van der Waals surface area contributed by atoms with Crippen LogP contribution in [0.5, 0.6) is 0 Å². The van der Waals surface area contributed by atoms with Crippen molar-refractivity contribution in [3.63, 3.8) is 0 Å². The highest BCUT2D eigenvalue weighted by molar-refractivity contribution is 6.89. The Balaban J connectivity index is 2.16. The van der Waals surface area contributed by atoms with Gasteiger partial charge in [0.25, 0.3) is 0 Å². The standard InChI is InChI=1S/C42H65NO10Si/c1-39(2,3)35(45)49-26-30-31(51-36(46)40(4,5)6)32(52-37(47)41(7,8)9)33(53-38(48)42(10,11)12)34(50-30)43-23-22-28(44)25-27(43)19-18-24-54(13,14)29-20-16-15-17-21-29/h15-17,20-23,27,30-34H,18-19,24-26H2,1-14H3/t27-,30+,31-,32-,33+,34+/m0/s1. The van der Waals surface area contributed by atoms with Crippen molar-refractivity contribution >= 4 is 42.9 Å². The van der Waals surface area contributed by atoms with Crippen LogP contribution in [0.1, 0.15) is 102 Å². The molecule has 12 heteroatoms. The molecule has 1 aromatic carbocycles. The van der Waals surface area contributed by atoms with Crippen LogP contribution in [0.3, 0.4) is 0 Å². The minimum Gasteiger partial charge on any atom is -0.462 e. The molecule has 11 nitrogen and oxygen atoms in total. The monoisotopic (exact) mass is 771 g/mol. The number of hydrogen-bond donors (Lipinski definition) is 0. The first-order valence-electron chi connectivity index (χ1n) is 19.1. The van der Waals surface area contributed by atoms with Crippen LogP contribution in [0.4, 0.5) is 0 Å². The largest absolute Gasteiger partial charge is 0.462 e. The second-order valence-electron chi connectivity index (χ2n) is 19.5. The third-order valence-corrected chi connectivity index (χ3v) is 13.1. The number of carbonyl (C=O) groups is 5. The molecule has 1 fully saturated rings. The molecule has 0 radical (unpaired) electrons. The molecule has 0 spiro atoms. The number of ether oxygens (including phenoxy) is 5. The van der Waals surface area contributed by atoms with Crippen molar-refractivity contribution in [1.82, 2.24) is 4.90 Å². The van der Waals surface area contributed by atoms with Crippen molar-refractivity contribution in [1.29, 1.82) is 0 Å². The fourth-order valence-corrected chi connectivity index (χ4v) is 8.47. The second-order valence-corrected chi connectivity index (χ2v) is 24.3. The molecule has 0 aliphatic carbocycles. The number of benzene rings is 1. The minimum absolute atomic E-state index is 0.0572. The number of esters is 4. The highest BCUT2D eigenvalue weighted by Crippen LogP contribution is 2.37. The Morgan fingerprint density at radius 3 is 1.70 bits per heavy atom. The molecule has 0 N–H and O–H groups in total. The SMILES string of the molecule is CC(C)(C)C(=O)OC[C@H]1O[C@@H](N2C=CC(=O)C[C@@H]2CCC[Si](C)(C)c2ccccc2)[C@H](OC(=O)C(C)(C)C)[C@@H](OC(=O)C(C)(C)C)[C@H]1OC(=O)C(C)(C)C. The van der Waals surface area contributed by atoms with E-state index in [1.807, 2.05) is 11.0 Å². The summed E-state index contributed by atoms with van der Waals surface area (Å²) in [6.45, 7) is 24.7. The summed E-state index contributed by atoms with van der Waals surface area (Å²) in [5.74, 6) is -2.41. The third-order valence-electron chi connectivity index (χ3n) is 9.65. The van der Waals surface area contributed by atoms with Gasteiger partial charge in [0.1, 0.15) is 12.7 Å². The molecular weight excluding hydrogens is 707 g/mol. The summed E-state index contributed by atoms with van der Waals surface area (Å²) in [5, 5.41) is 1.35. The van der Waals surface area contributed by atoms with Crippen LogP contribution in [0.2, 0.25) is 19.1 Å². The molecule has 0 bridgehead atoms. The van der Waals surface area contributed by atoms with Crippen LogP contribution in [0.25, 0.3) is 0 Å². The van der Waals surface area contributed by atoms with E-state index in [1.165, 1.54) is 11.3 Å². The van der Waals surface area contributed by atoms with Gasteiger partial charge in [0, 0.05) is 18.7 Å². The Hall–Kier alpha value is -3.51. The van der Waals surface area contributed by atoms with E-state index in [9.17, 15) is 24.0 Å². The molecular formula is C42H65NO10Si. The summed E-state index contributed by atoms with van der Waals surface area (Å²) in [4.78, 5) is 69.0. The quantitative estimate of drug-likeness (QED) is 0.135. The maximum Gasteiger partial charge on any atom is 0.311 e. The Morgan fingerprint density at radius 2 is 1.20 bits per heavy atom. The summed E-state index contributed by atoms with van der Waals surface area (Å²) in [5.41, 5.74) is -3.79. The van der Waals surface area contributed by atoms with Gasteiger partial charge in [-0.25, -0.2) is 0 Å². The molecule has 0 saturated carbocycles. The average molecular weight is 772 g/mol. The maximum atomic E-state index is 13.8. The van der Waals surface area contributed by atoms with Crippen molar-refractivity contribution in [3.8, 4) is 0 Å². The second kappa shape index (κ2) is 17.1. The zero-order valence-corrected chi connectivity index (χ0v) is 36.1. The van der Waals surface area contributed by atoms with Crippen LogP contribution in [-0.2, 0) is 47.7 Å². The molecule has 0 aromatic heterocycles. The first kappa shape index (κ1) is 44.9. The van der Waals surface area contributed by atoms with E-state index in [0.717, 1.165) is 12.5 Å². The molecule has 302 valence electrons. The van der Waals surface area contributed by atoms with Crippen molar-refractivity contribution < 1.29 is 47.7 Å². The zero-order valence-electron chi connectivity index (χ0n) is 35.1. The predicted octanol–water partition coefficient (Wildman–Crippen LogP) is 6.73. The molecule has 54 heavy (non-hydrogen) atoms. The molecule has 1 saturated heterocycles. The highest BCUT2D eigenvalue weighted by Gasteiger charge is 2.56. The Kier molecular flexibility index (Phi) is 14.2. The lowest BCUT2D eigenvalue weighted by Crippen LogP contribution is -2.67. The number of rotatable bonds is 11. The van der Waals surface area contributed by atoms with E-state index < -0.39 is 84.3 Å². The van der Waals surface area contributed by atoms with Crippen molar-refractivity contribution in [2.24, 2.45) is 21.7 Å². The number of ketones is 1. The van der Waals surface area contributed by atoms with Gasteiger partial charge in [-0.3, -0.25) is 24.0 Å². The Bertz CT molecular complexity index is 1530. The van der Waals surface area contributed by atoms with Gasteiger partial charge in [0.2, 0.25) is 0 Å². The van der Waals surface area contributed by atoms with E-state index in [4.69, 9.17) is 23.7 Å². The first-order chi connectivity index (χ1) is 24.6. The normalized spacial score (nSPS) is 24.1. The van der Waals surface area contributed by atoms with Gasteiger partial charge < -0.3 is 28.6 Å². The summed E-state index contributed by atoms with van der Waals surface area (Å²) in [6, 6.07) is 11.1. The minimum atomic E-state index is -1.81. The van der Waals surface area contributed by atoms with Crippen molar-refractivity contribution in [3.05, 3.63) is 42.6 Å².